The summed E-state index contributed by atoms with van der Waals surface area (Å²) >= 11 is 1.71. The summed E-state index contributed by atoms with van der Waals surface area (Å²) < 4.78 is 2.06. The number of nitrogens with one attached hydrogen (secondary N) is 1. The van der Waals surface area contributed by atoms with Crippen LogP contribution in [0.4, 0.5) is 5.82 Å². The Labute approximate surface area is 162 Å². The highest BCUT2D eigenvalue weighted by Gasteiger charge is 2.28. The standard InChI is InChI=1S/C21H21N5S/c1-26-12-11-22-17(26)9-10-23-20-18-16(14-5-3-2-4-6-14)13-27-21(18)25-19(24-20)15-7-8-15/h2-6,11-13,15H,7-10H2,1H3,(H,23,24,25). The largest absolute Gasteiger partial charge is 0.369 e. The van der Waals surface area contributed by atoms with E-state index in [0.717, 1.165) is 40.6 Å². The third kappa shape index (κ3) is 3.21. The van der Waals surface area contributed by atoms with E-state index >= 15 is 0 Å². The summed E-state index contributed by atoms with van der Waals surface area (Å²) in [4.78, 5) is 15.3. The smallest absolute Gasteiger partial charge is 0.139 e. The molecule has 5 nitrogen and oxygen atoms in total. The molecule has 3 aromatic heterocycles. The number of nitrogens with zero attached hydrogens (tertiary/aromatic N) is 4. The van der Waals surface area contributed by atoms with Crippen LogP contribution in [0.3, 0.4) is 0 Å². The summed E-state index contributed by atoms with van der Waals surface area (Å²) in [7, 11) is 2.03. The minimum absolute atomic E-state index is 0.534. The Morgan fingerprint density at radius 3 is 2.78 bits per heavy atom. The van der Waals surface area contributed by atoms with Crippen LogP contribution in [0, 0.1) is 0 Å². The van der Waals surface area contributed by atoms with Gasteiger partial charge in [-0.05, 0) is 18.4 Å². The second kappa shape index (κ2) is 6.78. The number of hydrogen-bond acceptors (Lipinski definition) is 5. The Bertz CT molecular complexity index is 1080. The molecule has 1 N–H and O–H groups in total. The maximum atomic E-state index is 4.92. The SMILES string of the molecule is Cn1ccnc1CCNc1nc(C2CC2)nc2scc(-c3ccccc3)c12. The van der Waals surface area contributed by atoms with Gasteiger partial charge in [-0.25, -0.2) is 15.0 Å². The lowest BCUT2D eigenvalue weighted by Crippen LogP contribution is -2.11. The number of fused-ring (bicyclic) bond motifs is 1. The van der Waals surface area contributed by atoms with Crippen molar-refractivity contribution >= 4 is 27.4 Å². The van der Waals surface area contributed by atoms with Gasteiger partial charge in [-0.3, -0.25) is 0 Å². The van der Waals surface area contributed by atoms with Crippen molar-refractivity contribution in [3.63, 3.8) is 0 Å². The van der Waals surface area contributed by atoms with Crippen molar-refractivity contribution < 1.29 is 0 Å². The third-order valence-electron chi connectivity index (χ3n) is 5.04. The molecular formula is C21H21N5S. The molecule has 3 heterocycles. The number of aromatic nitrogens is 4. The number of hydrogen-bond donors (Lipinski definition) is 1. The zero-order valence-electron chi connectivity index (χ0n) is 15.2. The predicted octanol–water partition coefficient (Wildman–Crippen LogP) is 4.62. The summed E-state index contributed by atoms with van der Waals surface area (Å²) in [5, 5.41) is 6.91. The van der Waals surface area contributed by atoms with Gasteiger partial charge in [-0.1, -0.05) is 30.3 Å². The molecule has 0 radical (unpaired) electrons. The lowest BCUT2D eigenvalue weighted by Gasteiger charge is -2.10. The molecule has 1 aromatic carbocycles. The lowest BCUT2D eigenvalue weighted by molar-refractivity contribution is 0.788. The monoisotopic (exact) mass is 375 g/mol. The van der Waals surface area contributed by atoms with Crippen LogP contribution < -0.4 is 5.32 Å². The fourth-order valence-corrected chi connectivity index (χ4v) is 4.32. The van der Waals surface area contributed by atoms with E-state index in [1.54, 1.807) is 11.3 Å². The Kier molecular flexibility index (Phi) is 4.13. The molecule has 4 aromatic rings. The van der Waals surface area contributed by atoms with Crippen molar-refractivity contribution in [3.05, 3.63) is 59.8 Å². The zero-order chi connectivity index (χ0) is 18.2. The highest BCUT2D eigenvalue weighted by molar-refractivity contribution is 7.17. The predicted molar refractivity (Wildman–Crippen MR) is 110 cm³/mol. The molecule has 0 bridgehead atoms. The zero-order valence-corrected chi connectivity index (χ0v) is 16.0. The minimum atomic E-state index is 0.534. The molecule has 0 aliphatic heterocycles. The van der Waals surface area contributed by atoms with E-state index in [4.69, 9.17) is 9.97 Å². The summed E-state index contributed by atoms with van der Waals surface area (Å²) in [5.41, 5.74) is 2.41. The first-order valence-electron chi connectivity index (χ1n) is 9.34. The van der Waals surface area contributed by atoms with E-state index in [0.29, 0.717) is 5.92 Å². The average molecular weight is 376 g/mol. The number of imidazole rings is 1. The van der Waals surface area contributed by atoms with Crippen molar-refractivity contribution in [2.45, 2.75) is 25.2 Å². The molecule has 0 amide bonds. The molecule has 0 unspecified atom stereocenters. The van der Waals surface area contributed by atoms with Crippen molar-refractivity contribution in [3.8, 4) is 11.1 Å². The van der Waals surface area contributed by atoms with Crippen molar-refractivity contribution in [2.75, 3.05) is 11.9 Å². The topological polar surface area (TPSA) is 55.6 Å². The van der Waals surface area contributed by atoms with Gasteiger partial charge < -0.3 is 9.88 Å². The molecule has 6 heteroatoms. The second-order valence-electron chi connectivity index (χ2n) is 7.03. The van der Waals surface area contributed by atoms with Crippen molar-refractivity contribution in [1.29, 1.82) is 0 Å². The van der Waals surface area contributed by atoms with Crippen molar-refractivity contribution in [2.24, 2.45) is 7.05 Å². The van der Waals surface area contributed by atoms with Gasteiger partial charge in [0.15, 0.2) is 0 Å². The first kappa shape index (κ1) is 16.4. The highest BCUT2D eigenvalue weighted by atomic mass is 32.1. The third-order valence-corrected chi connectivity index (χ3v) is 5.91. The van der Waals surface area contributed by atoms with Crippen LogP contribution in [-0.2, 0) is 13.5 Å². The second-order valence-corrected chi connectivity index (χ2v) is 7.89. The van der Waals surface area contributed by atoms with Crippen LogP contribution in [0.25, 0.3) is 21.3 Å². The van der Waals surface area contributed by atoms with Gasteiger partial charge in [0.2, 0.25) is 0 Å². The summed E-state index contributed by atoms with van der Waals surface area (Å²) in [6, 6.07) is 10.5. The summed E-state index contributed by atoms with van der Waals surface area (Å²) in [6.07, 6.45) is 7.09. The molecule has 1 aliphatic carbocycles. The highest BCUT2D eigenvalue weighted by Crippen LogP contribution is 2.42. The van der Waals surface area contributed by atoms with Crippen LogP contribution in [0.15, 0.2) is 48.1 Å². The van der Waals surface area contributed by atoms with E-state index in [-0.39, 0.29) is 0 Å². The van der Waals surface area contributed by atoms with Crippen LogP contribution in [0.2, 0.25) is 0 Å². The normalized spacial score (nSPS) is 14.0. The quantitative estimate of drug-likeness (QED) is 0.534. The maximum absolute atomic E-state index is 4.92. The van der Waals surface area contributed by atoms with Gasteiger partial charge >= 0.3 is 0 Å². The number of rotatable bonds is 6. The summed E-state index contributed by atoms with van der Waals surface area (Å²) in [6.45, 7) is 0.797. The molecule has 1 saturated carbocycles. The van der Waals surface area contributed by atoms with Crippen LogP contribution in [-0.4, -0.2) is 26.1 Å². The molecule has 136 valence electrons. The average Bonchev–Trinajstić information content (AvgIpc) is 3.34. The van der Waals surface area contributed by atoms with Gasteiger partial charge in [0, 0.05) is 49.3 Å². The Morgan fingerprint density at radius 1 is 1.19 bits per heavy atom. The Balaban J connectivity index is 1.51. The Hall–Kier alpha value is -2.73. The maximum Gasteiger partial charge on any atom is 0.139 e. The minimum Gasteiger partial charge on any atom is -0.369 e. The number of anilines is 1. The number of aryl methyl sites for hydroxylation is 1. The van der Waals surface area contributed by atoms with Gasteiger partial charge in [0.05, 0.1) is 5.39 Å². The molecule has 1 fully saturated rings. The van der Waals surface area contributed by atoms with Gasteiger partial charge in [-0.2, -0.15) is 0 Å². The molecule has 1 aliphatic rings. The van der Waals surface area contributed by atoms with E-state index in [9.17, 15) is 0 Å². The molecule has 5 rings (SSSR count). The number of thiophene rings is 1. The van der Waals surface area contributed by atoms with Gasteiger partial charge in [0.25, 0.3) is 0 Å². The van der Waals surface area contributed by atoms with Crippen LogP contribution in [0.1, 0.15) is 30.4 Å². The Morgan fingerprint density at radius 2 is 2.04 bits per heavy atom. The van der Waals surface area contributed by atoms with E-state index in [1.807, 2.05) is 25.5 Å². The van der Waals surface area contributed by atoms with E-state index in [1.165, 1.54) is 24.0 Å². The fraction of sp³-hybridized carbons (Fsp3) is 0.286. The first-order chi connectivity index (χ1) is 13.3. The fourth-order valence-electron chi connectivity index (χ4n) is 3.37. The molecule has 0 atom stereocenters. The van der Waals surface area contributed by atoms with Crippen molar-refractivity contribution in [1.82, 2.24) is 19.5 Å². The molecular weight excluding hydrogens is 354 g/mol. The van der Waals surface area contributed by atoms with Crippen LogP contribution in [0.5, 0.6) is 0 Å². The van der Waals surface area contributed by atoms with Gasteiger partial charge in [-0.15, -0.1) is 11.3 Å². The van der Waals surface area contributed by atoms with Crippen LogP contribution >= 0.6 is 11.3 Å². The van der Waals surface area contributed by atoms with E-state index in [2.05, 4.69) is 44.5 Å². The molecule has 0 saturated heterocycles. The number of benzene rings is 1. The molecule has 0 spiro atoms. The van der Waals surface area contributed by atoms with Gasteiger partial charge in [0.1, 0.15) is 22.3 Å². The molecule has 27 heavy (non-hydrogen) atoms. The first-order valence-corrected chi connectivity index (χ1v) is 10.2. The van der Waals surface area contributed by atoms with E-state index < -0.39 is 0 Å². The lowest BCUT2D eigenvalue weighted by atomic mass is 10.1. The summed E-state index contributed by atoms with van der Waals surface area (Å²) in [5.74, 6) is 3.55.